The molecule has 3 rings (SSSR count). The molecule has 1 N–H and O–H groups in total. The van der Waals surface area contributed by atoms with Gasteiger partial charge in [-0.25, -0.2) is 9.78 Å². The molecule has 0 saturated heterocycles. The Morgan fingerprint density at radius 2 is 1.87 bits per heavy atom. The molecule has 0 saturated carbocycles. The van der Waals surface area contributed by atoms with Gasteiger partial charge >= 0.3 is 5.97 Å². The summed E-state index contributed by atoms with van der Waals surface area (Å²) in [5, 5.41) is 9.41. The monoisotopic (exact) mass is 310 g/mol. The molecule has 0 unspecified atom stereocenters. The molecule has 0 radical (unpaired) electrons. The summed E-state index contributed by atoms with van der Waals surface area (Å²) in [6, 6.07) is 11.4. The number of carboxylic acids is 1. The summed E-state index contributed by atoms with van der Waals surface area (Å²) in [4.78, 5) is 28.1. The Kier molecular flexibility index (Phi) is 3.57. The van der Waals surface area contributed by atoms with E-state index >= 15 is 0 Å². The molecule has 3 aromatic rings. The van der Waals surface area contributed by atoms with Crippen LogP contribution in [-0.2, 0) is 0 Å². The zero-order valence-corrected chi connectivity index (χ0v) is 12.6. The number of aromatic nitrogens is 2. The highest BCUT2D eigenvalue weighted by Crippen LogP contribution is 2.17. The largest absolute Gasteiger partial charge is 0.497 e. The van der Waals surface area contributed by atoms with E-state index in [4.69, 9.17) is 9.84 Å². The van der Waals surface area contributed by atoms with Crippen molar-refractivity contribution in [2.45, 2.75) is 6.92 Å². The number of carbonyl (C=O) groups is 1. The van der Waals surface area contributed by atoms with Crippen LogP contribution >= 0.6 is 0 Å². The summed E-state index contributed by atoms with van der Waals surface area (Å²) in [6.07, 6.45) is 0. The van der Waals surface area contributed by atoms with Gasteiger partial charge in [-0.3, -0.25) is 9.36 Å². The Balaban J connectivity index is 2.23. The number of hydrogen-bond acceptors (Lipinski definition) is 4. The third kappa shape index (κ3) is 2.55. The highest BCUT2D eigenvalue weighted by atomic mass is 16.5. The summed E-state index contributed by atoms with van der Waals surface area (Å²) >= 11 is 0. The predicted molar refractivity (Wildman–Crippen MR) is 85.6 cm³/mol. The van der Waals surface area contributed by atoms with Gasteiger partial charge in [0.15, 0.2) is 0 Å². The SMILES string of the molecule is COc1ccc(-n2c(C)nc3cc(C(=O)O)ccc3c2=O)cc1. The van der Waals surface area contributed by atoms with Gasteiger partial charge in [-0.2, -0.15) is 0 Å². The number of aryl methyl sites for hydroxylation is 1. The predicted octanol–water partition coefficient (Wildman–Crippen LogP) is 2.40. The lowest BCUT2D eigenvalue weighted by molar-refractivity contribution is 0.0697. The first-order valence-electron chi connectivity index (χ1n) is 6.92. The van der Waals surface area contributed by atoms with Crippen LogP contribution in [0.5, 0.6) is 5.75 Å². The van der Waals surface area contributed by atoms with Crippen molar-refractivity contribution < 1.29 is 14.6 Å². The number of fused-ring (bicyclic) bond motifs is 1. The van der Waals surface area contributed by atoms with Crippen molar-refractivity contribution in [1.82, 2.24) is 9.55 Å². The minimum absolute atomic E-state index is 0.103. The summed E-state index contributed by atoms with van der Waals surface area (Å²) in [5.74, 6) is 0.125. The van der Waals surface area contributed by atoms with Gasteiger partial charge in [-0.1, -0.05) is 0 Å². The quantitative estimate of drug-likeness (QED) is 0.803. The molecule has 0 spiro atoms. The van der Waals surface area contributed by atoms with Crippen LogP contribution in [0.3, 0.4) is 0 Å². The maximum atomic E-state index is 12.7. The average molecular weight is 310 g/mol. The van der Waals surface area contributed by atoms with E-state index in [0.717, 1.165) is 0 Å². The second-order valence-corrected chi connectivity index (χ2v) is 5.03. The summed E-state index contributed by atoms with van der Waals surface area (Å²) < 4.78 is 6.60. The first kappa shape index (κ1) is 14.8. The second kappa shape index (κ2) is 5.57. The summed E-state index contributed by atoms with van der Waals surface area (Å²) in [5.41, 5.74) is 0.905. The highest BCUT2D eigenvalue weighted by molar-refractivity contribution is 5.92. The van der Waals surface area contributed by atoms with E-state index in [2.05, 4.69) is 4.98 Å². The fraction of sp³-hybridized carbons (Fsp3) is 0.118. The maximum absolute atomic E-state index is 12.7. The van der Waals surface area contributed by atoms with Crippen molar-refractivity contribution in [2.24, 2.45) is 0 Å². The van der Waals surface area contributed by atoms with E-state index in [9.17, 15) is 9.59 Å². The molecule has 0 aliphatic carbocycles. The van der Waals surface area contributed by atoms with E-state index in [1.54, 1.807) is 38.3 Å². The zero-order valence-electron chi connectivity index (χ0n) is 12.6. The first-order valence-corrected chi connectivity index (χ1v) is 6.92. The van der Waals surface area contributed by atoms with E-state index in [-0.39, 0.29) is 11.1 Å². The maximum Gasteiger partial charge on any atom is 0.335 e. The standard InChI is InChI=1S/C17H14N2O4/c1-10-18-15-9-11(17(21)22)3-8-14(15)16(20)19(10)12-4-6-13(23-2)7-5-12/h3-9H,1-2H3,(H,21,22). The Bertz CT molecular complexity index is 959. The van der Waals surface area contributed by atoms with Crippen molar-refractivity contribution in [1.29, 1.82) is 0 Å². The van der Waals surface area contributed by atoms with E-state index < -0.39 is 5.97 Å². The number of ether oxygens (including phenoxy) is 1. The van der Waals surface area contributed by atoms with Crippen LogP contribution in [0.2, 0.25) is 0 Å². The molecular formula is C17H14N2O4. The van der Waals surface area contributed by atoms with Crippen LogP contribution in [0.1, 0.15) is 16.2 Å². The third-order valence-corrected chi connectivity index (χ3v) is 3.61. The van der Waals surface area contributed by atoms with Gasteiger partial charge < -0.3 is 9.84 Å². The minimum Gasteiger partial charge on any atom is -0.497 e. The molecular weight excluding hydrogens is 296 g/mol. The summed E-state index contributed by atoms with van der Waals surface area (Å²) in [7, 11) is 1.57. The Morgan fingerprint density at radius 3 is 2.48 bits per heavy atom. The molecule has 0 atom stereocenters. The van der Waals surface area contributed by atoms with Crippen molar-refractivity contribution in [3.05, 3.63) is 64.2 Å². The van der Waals surface area contributed by atoms with Gasteiger partial charge in [0.1, 0.15) is 11.6 Å². The molecule has 0 bridgehead atoms. The molecule has 23 heavy (non-hydrogen) atoms. The van der Waals surface area contributed by atoms with Crippen molar-refractivity contribution in [3.8, 4) is 11.4 Å². The smallest absolute Gasteiger partial charge is 0.335 e. The molecule has 116 valence electrons. The number of hydrogen-bond donors (Lipinski definition) is 1. The molecule has 6 nitrogen and oxygen atoms in total. The minimum atomic E-state index is -1.05. The van der Waals surface area contributed by atoms with Gasteiger partial charge in [0.05, 0.1) is 29.3 Å². The third-order valence-electron chi connectivity index (χ3n) is 3.61. The zero-order chi connectivity index (χ0) is 16.6. The topological polar surface area (TPSA) is 81.4 Å². The lowest BCUT2D eigenvalue weighted by Gasteiger charge is -2.11. The van der Waals surface area contributed by atoms with E-state index in [1.165, 1.54) is 22.8 Å². The lowest BCUT2D eigenvalue weighted by Crippen LogP contribution is -2.22. The Morgan fingerprint density at radius 1 is 1.17 bits per heavy atom. The number of aromatic carboxylic acids is 1. The Labute approximate surface area is 131 Å². The molecule has 0 aliphatic heterocycles. The molecule has 0 amide bonds. The van der Waals surface area contributed by atoms with Crippen molar-refractivity contribution in [3.63, 3.8) is 0 Å². The van der Waals surface area contributed by atoms with Gasteiger partial charge in [0, 0.05) is 0 Å². The molecule has 0 fully saturated rings. The molecule has 2 aromatic carbocycles. The van der Waals surface area contributed by atoms with Gasteiger partial charge in [0.2, 0.25) is 0 Å². The second-order valence-electron chi connectivity index (χ2n) is 5.03. The van der Waals surface area contributed by atoms with Crippen LogP contribution in [0.4, 0.5) is 0 Å². The van der Waals surface area contributed by atoms with Gasteiger partial charge in [-0.15, -0.1) is 0 Å². The molecule has 1 aromatic heterocycles. The molecule has 6 heteroatoms. The molecule has 0 aliphatic rings. The van der Waals surface area contributed by atoms with Crippen LogP contribution in [0, 0.1) is 6.92 Å². The molecule has 1 heterocycles. The number of nitrogens with zero attached hydrogens (tertiary/aromatic N) is 2. The van der Waals surface area contributed by atoms with Crippen LogP contribution < -0.4 is 10.3 Å². The fourth-order valence-corrected chi connectivity index (χ4v) is 2.47. The lowest BCUT2D eigenvalue weighted by atomic mass is 10.1. The fourth-order valence-electron chi connectivity index (χ4n) is 2.47. The number of methoxy groups -OCH3 is 1. The highest BCUT2D eigenvalue weighted by Gasteiger charge is 2.12. The van der Waals surface area contributed by atoms with E-state index in [0.29, 0.717) is 28.2 Å². The van der Waals surface area contributed by atoms with Crippen molar-refractivity contribution in [2.75, 3.05) is 7.11 Å². The van der Waals surface area contributed by atoms with Gasteiger partial charge in [-0.05, 0) is 49.4 Å². The number of carboxylic acid groups (broad SMARTS) is 1. The number of benzene rings is 2. The first-order chi connectivity index (χ1) is 11.0. The average Bonchev–Trinajstić information content (AvgIpc) is 2.55. The van der Waals surface area contributed by atoms with Crippen LogP contribution in [-0.4, -0.2) is 27.7 Å². The normalized spacial score (nSPS) is 10.7. The Hall–Kier alpha value is -3.15. The van der Waals surface area contributed by atoms with Gasteiger partial charge in [0.25, 0.3) is 5.56 Å². The number of rotatable bonds is 3. The van der Waals surface area contributed by atoms with Crippen molar-refractivity contribution >= 4 is 16.9 Å². The van der Waals surface area contributed by atoms with Crippen LogP contribution in [0.15, 0.2) is 47.3 Å². The van der Waals surface area contributed by atoms with Crippen LogP contribution in [0.25, 0.3) is 16.6 Å². The van der Waals surface area contributed by atoms with E-state index in [1.807, 2.05) is 0 Å². The summed E-state index contributed by atoms with van der Waals surface area (Å²) in [6.45, 7) is 1.71.